The molecule has 1 aromatic rings. The topological polar surface area (TPSA) is 52.0 Å². The predicted molar refractivity (Wildman–Crippen MR) is 56.7 cm³/mol. The van der Waals surface area contributed by atoms with Gasteiger partial charge in [0.05, 0.1) is 0 Å². The molecule has 0 bridgehead atoms. The molecule has 0 saturated carbocycles. The van der Waals surface area contributed by atoms with E-state index in [1.165, 1.54) is 0 Å². The maximum absolute atomic E-state index is 5.82. The second-order valence-corrected chi connectivity index (χ2v) is 3.50. The highest BCUT2D eigenvalue weighted by molar-refractivity contribution is 7.80. The van der Waals surface area contributed by atoms with Gasteiger partial charge in [-0.3, -0.25) is 0 Å². The Morgan fingerprint density at radius 3 is 1.50 bits per heavy atom. The number of nitrogens with two attached hydrogens (primary N) is 2. The summed E-state index contributed by atoms with van der Waals surface area (Å²) >= 11 is 4.34. The van der Waals surface area contributed by atoms with E-state index in [0.29, 0.717) is 0 Å². The fourth-order valence-electron chi connectivity index (χ4n) is 1.24. The lowest BCUT2D eigenvalue weighted by atomic mass is 10.0. The fraction of sp³-hybridized carbons (Fsp3) is 0.333. The van der Waals surface area contributed by atoms with Crippen LogP contribution in [0.1, 0.15) is 16.7 Å². The van der Waals surface area contributed by atoms with Gasteiger partial charge in [-0.05, 0) is 37.5 Å². The largest absolute Gasteiger partial charge is 0.398 e. The van der Waals surface area contributed by atoms with Crippen molar-refractivity contribution in [3.63, 3.8) is 0 Å². The van der Waals surface area contributed by atoms with Crippen LogP contribution in [0.4, 0.5) is 11.4 Å². The summed E-state index contributed by atoms with van der Waals surface area (Å²) in [6.45, 7) is 5.84. The Labute approximate surface area is 78.4 Å². The van der Waals surface area contributed by atoms with E-state index in [2.05, 4.69) is 12.6 Å². The van der Waals surface area contributed by atoms with E-state index >= 15 is 0 Å². The van der Waals surface area contributed by atoms with Crippen LogP contribution in [-0.2, 0) is 0 Å². The van der Waals surface area contributed by atoms with Crippen LogP contribution in [0.5, 0.6) is 0 Å². The number of benzene rings is 1. The van der Waals surface area contributed by atoms with Crippen LogP contribution in [0.25, 0.3) is 0 Å². The van der Waals surface area contributed by atoms with Crippen molar-refractivity contribution < 1.29 is 0 Å². The van der Waals surface area contributed by atoms with Crippen molar-refractivity contribution in [3.8, 4) is 0 Å². The Hall–Kier alpha value is -0.830. The first-order valence-corrected chi connectivity index (χ1v) is 4.25. The van der Waals surface area contributed by atoms with Gasteiger partial charge in [0.1, 0.15) is 0 Å². The molecule has 0 heterocycles. The van der Waals surface area contributed by atoms with Crippen LogP contribution in [0.3, 0.4) is 0 Å². The maximum Gasteiger partial charge on any atom is 0.0405 e. The normalized spacial score (nSPS) is 10.3. The number of hydrogen-bond acceptors (Lipinski definition) is 3. The van der Waals surface area contributed by atoms with E-state index < -0.39 is 0 Å². The summed E-state index contributed by atoms with van der Waals surface area (Å²) in [4.78, 5) is 0.899. The maximum atomic E-state index is 5.82. The fourth-order valence-corrected chi connectivity index (χ4v) is 1.48. The molecule has 2 nitrogen and oxygen atoms in total. The number of rotatable bonds is 0. The third-order valence-electron chi connectivity index (χ3n) is 2.33. The average Bonchev–Trinajstić information content (AvgIpc) is 2.08. The Bertz CT molecular complexity index is 227. The first-order chi connectivity index (χ1) is 5.46. The Balaban J connectivity index is 3.60. The van der Waals surface area contributed by atoms with Crippen molar-refractivity contribution in [3.05, 3.63) is 16.7 Å². The molecule has 0 aliphatic rings. The molecule has 0 fully saturated rings. The van der Waals surface area contributed by atoms with Gasteiger partial charge in [-0.25, -0.2) is 0 Å². The van der Waals surface area contributed by atoms with Gasteiger partial charge in [0.15, 0.2) is 0 Å². The van der Waals surface area contributed by atoms with E-state index in [-0.39, 0.29) is 0 Å². The smallest absolute Gasteiger partial charge is 0.0405 e. The highest BCUT2D eigenvalue weighted by Crippen LogP contribution is 2.32. The molecular weight excluding hydrogens is 168 g/mol. The second kappa shape index (κ2) is 2.90. The molecule has 1 rings (SSSR count). The standard InChI is InChI=1S/C9H14N2S/c1-4-7(10)5(2)9(12)6(3)8(4)11/h12H,10-11H2,1-3H3. The van der Waals surface area contributed by atoms with Gasteiger partial charge in [0.25, 0.3) is 0 Å². The summed E-state index contributed by atoms with van der Waals surface area (Å²) < 4.78 is 0. The van der Waals surface area contributed by atoms with Gasteiger partial charge < -0.3 is 11.5 Å². The summed E-state index contributed by atoms with van der Waals surface area (Å²) in [6, 6.07) is 0. The van der Waals surface area contributed by atoms with Crippen molar-refractivity contribution in [2.75, 3.05) is 11.5 Å². The third-order valence-corrected chi connectivity index (χ3v) is 3.00. The minimum absolute atomic E-state index is 0.753. The summed E-state index contributed by atoms with van der Waals surface area (Å²) in [6.07, 6.45) is 0. The molecule has 0 aliphatic carbocycles. The van der Waals surface area contributed by atoms with Crippen molar-refractivity contribution in [1.82, 2.24) is 0 Å². The predicted octanol–water partition coefficient (Wildman–Crippen LogP) is 2.06. The van der Waals surface area contributed by atoms with Crippen molar-refractivity contribution in [2.45, 2.75) is 25.7 Å². The summed E-state index contributed by atoms with van der Waals surface area (Å²) in [5.41, 5.74) is 16.1. The molecule has 0 saturated heterocycles. The van der Waals surface area contributed by atoms with Gasteiger partial charge in [0, 0.05) is 16.3 Å². The number of thiol groups is 1. The van der Waals surface area contributed by atoms with E-state index in [0.717, 1.165) is 33.0 Å². The third kappa shape index (κ3) is 1.14. The molecule has 0 radical (unpaired) electrons. The Kier molecular flexibility index (Phi) is 2.24. The van der Waals surface area contributed by atoms with Gasteiger partial charge in [0.2, 0.25) is 0 Å². The molecule has 3 heteroatoms. The van der Waals surface area contributed by atoms with Crippen molar-refractivity contribution >= 4 is 24.0 Å². The Morgan fingerprint density at radius 2 is 1.17 bits per heavy atom. The molecule has 0 spiro atoms. The number of hydrogen-bond donors (Lipinski definition) is 3. The van der Waals surface area contributed by atoms with E-state index in [9.17, 15) is 0 Å². The van der Waals surface area contributed by atoms with Gasteiger partial charge >= 0.3 is 0 Å². The van der Waals surface area contributed by atoms with Crippen LogP contribution in [0, 0.1) is 20.8 Å². The van der Waals surface area contributed by atoms with Crippen LogP contribution >= 0.6 is 12.6 Å². The van der Waals surface area contributed by atoms with Crippen LogP contribution in [0.2, 0.25) is 0 Å². The molecule has 0 aromatic heterocycles. The minimum Gasteiger partial charge on any atom is -0.398 e. The lowest BCUT2D eigenvalue weighted by molar-refractivity contribution is 1.21. The highest BCUT2D eigenvalue weighted by atomic mass is 32.1. The lowest BCUT2D eigenvalue weighted by Crippen LogP contribution is -2.02. The average molecular weight is 182 g/mol. The first-order valence-electron chi connectivity index (χ1n) is 3.80. The zero-order valence-corrected chi connectivity index (χ0v) is 8.50. The second-order valence-electron chi connectivity index (χ2n) is 3.05. The summed E-state index contributed by atoms with van der Waals surface area (Å²) in [5, 5.41) is 0. The van der Waals surface area contributed by atoms with Crippen molar-refractivity contribution in [1.29, 1.82) is 0 Å². The summed E-state index contributed by atoms with van der Waals surface area (Å²) in [5.74, 6) is 0. The van der Waals surface area contributed by atoms with E-state index in [1.807, 2.05) is 20.8 Å². The minimum atomic E-state index is 0.753. The molecule has 0 aliphatic heterocycles. The SMILES string of the molecule is Cc1c(N)c(C)c(S)c(C)c1N. The zero-order chi connectivity index (χ0) is 9.46. The van der Waals surface area contributed by atoms with Gasteiger partial charge in [-0.1, -0.05) is 0 Å². The van der Waals surface area contributed by atoms with Crippen LogP contribution < -0.4 is 11.5 Å². The van der Waals surface area contributed by atoms with Crippen LogP contribution in [0.15, 0.2) is 4.90 Å². The quantitative estimate of drug-likeness (QED) is 0.425. The number of anilines is 2. The van der Waals surface area contributed by atoms with Crippen molar-refractivity contribution in [2.24, 2.45) is 0 Å². The van der Waals surface area contributed by atoms with Gasteiger partial charge in [-0.15, -0.1) is 12.6 Å². The summed E-state index contributed by atoms with van der Waals surface area (Å²) in [7, 11) is 0. The molecule has 0 atom stereocenters. The molecule has 66 valence electrons. The number of nitrogen functional groups attached to an aromatic ring is 2. The molecule has 0 unspecified atom stereocenters. The lowest BCUT2D eigenvalue weighted by Gasteiger charge is -2.13. The van der Waals surface area contributed by atoms with E-state index in [4.69, 9.17) is 11.5 Å². The molecular formula is C9H14N2S. The zero-order valence-electron chi connectivity index (χ0n) is 7.60. The molecule has 4 N–H and O–H groups in total. The first kappa shape index (κ1) is 9.26. The highest BCUT2D eigenvalue weighted by Gasteiger charge is 2.09. The van der Waals surface area contributed by atoms with E-state index in [1.54, 1.807) is 0 Å². The molecule has 0 amide bonds. The van der Waals surface area contributed by atoms with Gasteiger partial charge in [-0.2, -0.15) is 0 Å². The molecule has 1 aromatic carbocycles. The Morgan fingerprint density at radius 1 is 0.833 bits per heavy atom. The van der Waals surface area contributed by atoms with Crippen LogP contribution in [-0.4, -0.2) is 0 Å². The molecule has 12 heavy (non-hydrogen) atoms. The monoisotopic (exact) mass is 182 g/mol.